The molecule has 88 valence electrons. The molecule has 0 saturated carbocycles. The van der Waals surface area contributed by atoms with Crippen LogP contribution in [0, 0.1) is 0 Å². The van der Waals surface area contributed by atoms with Crippen LogP contribution in [-0.4, -0.2) is 16.5 Å². The predicted molar refractivity (Wildman–Crippen MR) is 71.3 cm³/mol. The van der Waals surface area contributed by atoms with Gasteiger partial charge in [0.05, 0.1) is 16.1 Å². The van der Waals surface area contributed by atoms with Gasteiger partial charge in [0, 0.05) is 29.4 Å². The molecule has 0 radical (unpaired) electrons. The van der Waals surface area contributed by atoms with Crippen molar-refractivity contribution in [1.29, 1.82) is 0 Å². The minimum absolute atomic E-state index is 0.0262. The smallest absolute Gasteiger partial charge is 0.255 e. The van der Waals surface area contributed by atoms with Gasteiger partial charge in [0.15, 0.2) is 5.82 Å². The molecule has 2 aromatic rings. The first-order valence-electron chi connectivity index (χ1n) is 5.31. The summed E-state index contributed by atoms with van der Waals surface area (Å²) in [4.78, 5) is 20.3. The van der Waals surface area contributed by atoms with Gasteiger partial charge in [0.25, 0.3) is 5.56 Å². The quantitative estimate of drug-likeness (QED) is 0.846. The van der Waals surface area contributed by atoms with Gasteiger partial charge in [-0.15, -0.1) is 11.3 Å². The molecule has 2 aromatic heterocycles. The van der Waals surface area contributed by atoms with E-state index in [1.54, 1.807) is 11.3 Å². The number of thiophene rings is 1. The minimum Gasteiger partial charge on any atom is -0.312 e. The predicted octanol–water partition coefficient (Wildman–Crippen LogP) is 1.91. The summed E-state index contributed by atoms with van der Waals surface area (Å²) in [5.74, 6) is 0.673. The number of rotatable bonds is 1. The first-order valence-corrected chi connectivity index (χ1v) is 6.98. The molecule has 3 heterocycles. The van der Waals surface area contributed by atoms with E-state index in [0.717, 1.165) is 33.6 Å². The molecule has 0 atom stereocenters. The lowest BCUT2D eigenvalue weighted by Gasteiger charge is -2.15. The lowest BCUT2D eigenvalue weighted by atomic mass is 10.1. The fourth-order valence-corrected chi connectivity index (χ4v) is 3.28. The summed E-state index contributed by atoms with van der Waals surface area (Å²) in [7, 11) is 0. The van der Waals surface area contributed by atoms with Crippen molar-refractivity contribution >= 4 is 27.3 Å². The number of aromatic nitrogens is 2. The zero-order valence-corrected chi connectivity index (χ0v) is 11.3. The van der Waals surface area contributed by atoms with E-state index in [0.29, 0.717) is 12.4 Å². The maximum atomic E-state index is 11.9. The molecule has 0 spiro atoms. The summed E-state index contributed by atoms with van der Waals surface area (Å²) >= 11 is 4.97. The number of nitrogens with one attached hydrogen (secondary N) is 2. The van der Waals surface area contributed by atoms with Crippen molar-refractivity contribution in [2.45, 2.75) is 13.0 Å². The van der Waals surface area contributed by atoms with Crippen LogP contribution in [0.2, 0.25) is 0 Å². The van der Waals surface area contributed by atoms with Crippen molar-refractivity contribution < 1.29 is 0 Å². The normalized spacial score (nSPS) is 14.6. The summed E-state index contributed by atoms with van der Waals surface area (Å²) in [5, 5.41) is 5.16. The van der Waals surface area contributed by atoms with E-state index in [9.17, 15) is 4.79 Å². The third kappa shape index (κ3) is 2.08. The molecule has 0 fully saturated rings. The van der Waals surface area contributed by atoms with Crippen molar-refractivity contribution in [2.75, 3.05) is 6.54 Å². The van der Waals surface area contributed by atoms with Crippen LogP contribution < -0.4 is 10.9 Å². The van der Waals surface area contributed by atoms with Crippen LogP contribution in [0.5, 0.6) is 0 Å². The van der Waals surface area contributed by atoms with Gasteiger partial charge in [-0.25, -0.2) is 4.98 Å². The minimum atomic E-state index is -0.0262. The Kier molecular flexibility index (Phi) is 2.85. The Labute approximate surface area is 110 Å². The summed E-state index contributed by atoms with van der Waals surface area (Å²) in [6.07, 6.45) is 0.818. The highest BCUT2D eigenvalue weighted by Crippen LogP contribution is 2.27. The van der Waals surface area contributed by atoms with Gasteiger partial charge in [-0.1, -0.05) is 0 Å². The molecule has 4 nitrogen and oxygen atoms in total. The number of nitrogens with zero attached hydrogens (tertiary/aromatic N) is 1. The molecule has 0 amide bonds. The van der Waals surface area contributed by atoms with E-state index in [-0.39, 0.29) is 5.56 Å². The van der Waals surface area contributed by atoms with Gasteiger partial charge in [-0.05, 0) is 22.0 Å². The molecule has 17 heavy (non-hydrogen) atoms. The highest BCUT2D eigenvalue weighted by Gasteiger charge is 2.16. The van der Waals surface area contributed by atoms with Crippen molar-refractivity contribution in [3.05, 3.63) is 37.5 Å². The van der Waals surface area contributed by atoms with Crippen molar-refractivity contribution in [3.8, 4) is 10.7 Å². The summed E-state index contributed by atoms with van der Waals surface area (Å²) in [6.45, 7) is 1.50. The Balaban J connectivity index is 2.13. The third-order valence-electron chi connectivity index (χ3n) is 2.74. The lowest BCUT2D eigenvalue weighted by molar-refractivity contribution is 0.621. The number of hydrogen-bond acceptors (Lipinski definition) is 4. The van der Waals surface area contributed by atoms with Crippen LogP contribution in [0.3, 0.4) is 0 Å². The Morgan fingerprint density at radius 2 is 2.35 bits per heavy atom. The van der Waals surface area contributed by atoms with Crippen LogP contribution in [0.25, 0.3) is 10.7 Å². The summed E-state index contributed by atoms with van der Waals surface area (Å²) in [6, 6.07) is 1.97. The second-order valence-electron chi connectivity index (χ2n) is 3.90. The van der Waals surface area contributed by atoms with Gasteiger partial charge in [0.1, 0.15) is 0 Å². The molecule has 1 aliphatic heterocycles. The van der Waals surface area contributed by atoms with E-state index in [2.05, 4.69) is 31.2 Å². The first kappa shape index (κ1) is 11.1. The molecule has 3 rings (SSSR count). The molecule has 6 heteroatoms. The lowest BCUT2D eigenvalue weighted by Crippen LogP contribution is -2.31. The fraction of sp³-hybridized carbons (Fsp3) is 0.273. The van der Waals surface area contributed by atoms with Gasteiger partial charge in [0.2, 0.25) is 0 Å². The molecule has 0 aliphatic carbocycles. The van der Waals surface area contributed by atoms with Gasteiger partial charge in [-0.2, -0.15) is 0 Å². The molecule has 0 unspecified atom stereocenters. The second-order valence-corrected chi connectivity index (χ2v) is 5.72. The van der Waals surface area contributed by atoms with E-state index in [4.69, 9.17) is 0 Å². The maximum Gasteiger partial charge on any atom is 0.255 e. The molecule has 2 N–H and O–H groups in total. The second kappa shape index (κ2) is 4.36. The Morgan fingerprint density at radius 1 is 1.47 bits per heavy atom. The Hall–Kier alpha value is -0.980. The van der Waals surface area contributed by atoms with Crippen molar-refractivity contribution in [1.82, 2.24) is 15.3 Å². The molecule has 0 bridgehead atoms. The number of H-pyrrole nitrogens is 1. The largest absolute Gasteiger partial charge is 0.312 e. The highest BCUT2D eigenvalue weighted by atomic mass is 79.9. The Morgan fingerprint density at radius 3 is 3.12 bits per heavy atom. The standard InChI is InChI=1S/C11H10BrN3OS/c12-6-3-9(17-5-6)10-14-8-1-2-13-4-7(8)11(16)15-10/h3,5,13H,1-2,4H2,(H,14,15,16). The Bertz CT molecular complexity index is 619. The molecule has 0 aromatic carbocycles. The number of aromatic amines is 1. The molecular formula is C11H10BrN3OS. The fourth-order valence-electron chi connectivity index (χ4n) is 1.91. The first-order chi connectivity index (χ1) is 8.24. The number of hydrogen-bond donors (Lipinski definition) is 2. The highest BCUT2D eigenvalue weighted by molar-refractivity contribution is 9.10. The van der Waals surface area contributed by atoms with Crippen LogP contribution >= 0.6 is 27.3 Å². The maximum absolute atomic E-state index is 11.9. The van der Waals surface area contributed by atoms with Crippen LogP contribution in [-0.2, 0) is 13.0 Å². The monoisotopic (exact) mass is 311 g/mol. The molecule has 0 saturated heterocycles. The molecular weight excluding hydrogens is 302 g/mol. The van der Waals surface area contributed by atoms with Crippen LogP contribution in [0.4, 0.5) is 0 Å². The summed E-state index contributed by atoms with van der Waals surface area (Å²) < 4.78 is 1.01. The number of fused-ring (bicyclic) bond motifs is 1. The zero-order valence-electron chi connectivity index (χ0n) is 8.92. The average molecular weight is 312 g/mol. The van der Waals surface area contributed by atoms with Gasteiger partial charge in [-0.3, -0.25) is 4.79 Å². The number of halogens is 1. The van der Waals surface area contributed by atoms with Gasteiger partial charge < -0.3 is 10.3 Å². The van der Waals surface area contributed by atoms with Crippen LogP contribution in [0.1, 0.15) is 11.3 Å². The molecule has 1 aliphatic rings. The van der Waals surface area contributed by atoms with E-state index in [1.165, 1.54) is 0 Å². The van der Waals surface area contributed by atoms with Crippen molar-refractivity contribution in [3.63, 3.8) is 0 Å². The van der Waals surface area contributed by atoms with Gasteiger partial charge >= 0.3 is 0 Å². The average Bonchev–Trinajstić information content (AvgIpc) is 2.76. The topological polar surface area (TPSA) is 57.8 Å². The van der Waals surface area contributed by atoms with E-state index < -0.39 is 0 Å². The van der Waals surface area contributed by atoms with Crippen molar-refractivity contribution in [2.24, 2.45) is 0 Å². The SMILES string of the molecule is O=c1[nH]c(-c2cc(Br)cs2)nc2c1CNCC2. The van der Waals surface area contributed by atoms with E-state index in [1.807, 2.05) is 11.4 Å². The van der Waals surface area contributed by atoms with Crippen LogP contribution in [0.15, 0.2) is 20.7 Å². The summed E-state index contributed by atoms with van der Waals surface area (Å²) in [5.41, 5.74) is 1.67. The zero-order chi connectivity index (χ0) is 11.8. The van der Waals surface area contributed by atoms with E-state index >= 15 is 0 Å². The third-order valence-corrected chi connectivity index (χ3v) is 4.44.